The van der Waals surface area contributed by atoms with Gasteiger partial charge in [0.15, 0.2) is 0 Å². The Morgan fingerprint density at radius 3 is 2.71 bits per heavy atom. The number of hydrogen-bond acceptors (Lipinski definition) is 4. The first-order valence-corrected chi connectivity index (χ1v) is 10.6. The van der Waals surface area contributed by atoms with Gasteiger partial charge in [-0.3, -0.25) is 0 Å². The molecule has 4 aliphatic carbocycles. The van der Waals surface area contributed by atoms with E-state index in [9.17, 15) is 9.90 Å². The maximum atomic E-state index is 11.1. The molecule has 0 aromatic rings. The molecule has 0 heterocycles. The van der Waals surface area contributed by atoms with Gasteiger partial charge in [0, 0.05) is 5.41 Å². The van der Waals surface area contributed by atoms with E-state index < -0.39 is 18.2 Å². The first-order chi connectivity index (χ1) is 13.2. The molecule has 5 heteroatoms. The largest absolute Gasteiger partial charge is 0.479 e. The van der Waals surface area contributed by atoms with Crippen LogP contribution >= 0.6 is 0 Å². The summed E-state index contributed by atoms with van der Waals surface area (Å²) in [4.78, 5) is 15.6. The third kappa shape index (κ3) is 2.72. The highest BCUT2D eigenvalue weighted by Gasteiger charge is 2.63. The summed E-state index contributed by atoms with van der Waals surface area (Å²) >= 11 is 0. The fourth-order valence-electron chi connectivity index (χ4n) is 7.07. The number of carboxylic acid groups (broad SMARTS) is 1. The highest BCUT2D eigenvalue weighted by Crippen LogP contribution is 2.67. The Hall–Kier alpha value is -1.80. The predicted molar refractivity (Wildman–Crippen MR) is 107 cm³/mol. The number of aliphatic hydroxyl groups is 1. The average molecular weight is 386 g/mol. The van der Waals surface area contributed by atoms with E-state index in [0.717, 1.165) is 57.1 Å². The van der Waals surface area contributed by atoms with Crippen molar-refractivity contribution in [2.24, 2.45) is 33.7 Å². The van der Waals surface area contributed by atoms with E-state index >= 15 is 0 Å². The van der Waals surface area contributed by atoms with Crippen molar-refractivity contribution in [1.82, 2.24) is 0 Å². The van der Waals surface area contributed by atoms with Gasteiger partial charge in [-0.2, -0.15) is 0 Å². The molecule has 0 aromatic carbocycles. The fraction of sp³-hybridized carbons (Fsp3) is 0.739. The van der Waals surface area contributed by atoms with Crippen molar-refractivity contribution in [2.45, 2.75) is 70.8 Å². The molecule has 5 nitrogen and oxygen atoms in total. The Morgan fingerprint density at radius 2 is 2.00 bits per heavy atom. The molecule has 0 radical (unpaired) electrons. The Kier molecular flexibility index (Phi) is 4.62. The molecule has 4 rings (SSSR count). The van der Waals surface area contributed by atoms with Crippen molar-refractivity contribution in [2.75, 3.05) is 6.61 Å². The molecular formula is C23H31NO4. The third-order valence-corrected chi connectivity index (χ3v) is 8.74. The number of aliphatic carboxylic acids is 1. The van der Waals surface area contributed by atoms with Crippen molar-refractivity contribution in [3.63, 3.8) is 0 Å². The van der Waals surface area contributed by atoms with E-state index in [0.29, 0.717) is 17.8 Å². The summed E-state index contributed by atoms with van der Waals surface area (Å²) in [6.45, 7) is 4.22. The molecule has 3 fully saturated rings. The van der Waals surface area contributed by atoms with Crippen LogP contribution in [0.25, 0.3) is 0 Å². The summed E-state index contributed by atoms with van der Waals surface area (Å²) < 4.78 is 0. The van der Waals surface area contributed by atoms with E-state index in [1.54, 1.807) is 0 Å². The van der Waals surface area contributed by atoms with Crippen LogP contribution in [0.2, 0.25) is 0 Å². The monoisotopic (exact) mass is 385 g/mol. The lowest BCUT2D eigenvalue weighted by Gasteiger charge is -2.58. The van der Waals surface area contributed by atoms with Gasteiger partial charge in [-0.05, 0) is 80.6 Å². The molecule has 2 N–H and O–H groups in total. The van der Waals surface area contributed by atoms with Crippen LogP contribution in [0.5, 0.6) is 0 Å². The molecular weight excluding hydrogens is 354 g/mol. The van der Waals surface area contributed by atoms with Crippen LogP contribution in [0.3, 0.4) is 0 Å². The Morgan fingerprint density at radius 1 is 1.25 bits per heavy atom. The van der Waals surface area contributed by atoms with Gasteiger partial charge in [-0.1, -0.05) is 30.5 Å². The minimum Gasteiger partial charge on any atom is -0.479 e. The van der Waals surface area contributed by atoms with Crippen molar-refractivity contribution in [3.05, 3.63) is 11.6 Å². The van der Waals surface area contributed by atoms with E-state index in [2.05, 4.69) is 31.0 Å². The van der Waals surface area contributed by atoms with Crippen LogP contribution in [-0.4, -0.2) is 34.1 Å². The number of carbonyl (C=O) groups is 1. The molecule has 0 aromatic heterocycles. The number of allylic oxidation sites excluding steroid dienone is 2. The van der Waals surface area contributed by atoms with Crippen molar-refractivity contribution in [1.29, 1.82) is 0 Å². The van der Waals surface area contributed by atoms with E-state index in [1.165, 1.54) is 5.57 Å². The molecule has 0 spiro atoms. The number of fused-ring (bicyclic) bond motifs is 5. The average Bonchev–Trinajstić information content (AvgIpc) is 2.93. The van der Waals surface area contributed by atoms with E-state index in [1.807, 2.05) is 0 Å². The second-order valence-corrected chi connectivity index (χ2v) is 9.75. The second kappa shape index (κ2) is 6.62. The summed E-state index contributed by atoms with van der Waals surface area (Å²) in [5.41, 5.74) is 1.34. The quantitative estimate of drug-likeness (QED) is 0.572. The summed E-state index contributed by atoms with van der Waals surface area (Å²) in [5, 5.41) is 23.8. The van der Waals surface area contributed by atoms with Crippen molar-refractivity contribution in [3.8, 4) is 12.3 Å². The van der Waals surface area contributed by atoms with Crippen LogP contribution < -0.4 is 0 Å². The minimum absolute atomic E-state index is 0.160. The Labute approximate surface area is 167 Å². The van der Waals surface area contributed by atoms with E-state index in [-0.39, 0.29) is 10.8 Å². The number of hydrogen-bond donors (Lipinski definition) is 2. The van der Waals surface area contributed by atoms with Gasteiger partial charge >= 0.3 is 5.97 Å². The maximum Gasteiger partial charge on any atom is 0.344 e. The standard InChI is InChI=1S/C23H31NO4/c1-4-23(27)12-9-19-17-6-5-15-13-16(24-28-14-20(25)26)7-10-21(15,2)18(17)8-11-22(19,23)3/h1,13,17-19,27H,5-12,14H2,2-3H3,(H,25,26)/b24-16-/t17-,18-,19+,21-,22-,23+/m0/s1. The highest BCUT2D eigenvalue weighted by molar-refractivity contribution is 5.96. The zero-order valence-electron chi connectivity index (χ0n) is 16.9. The van der Waals surface area contributed by atoms with Crippen LogP contribution in [0, 0.1) is 40.9 Å². The van der Waals surface area contributed by atoms with E-state index in [4.69, 9.17) is 16.4 Å². The fourth-order valence-corrected chi connectivity index (χ4v) is 7.07. The highest BCUT2D eigenvalue weighted by atomic mass is 16.6. The zero-order valence-corrected chi connectivity index (χ0v) is 16.9. The summed E-state index contributed by atoms with van der Waals surface area (Å²) in [6, 6.07) is 0. The van der Waals surface area contributed by atoms with Gasteiger partial charge in [0.05, 0.1) is 5.71 Å². The first kappa shape index (κ1) is 19.5. The molecule has 0 amide bonds. The van der Waals surface area contributed by atoms with Crippen LogP contribution in [0.1, 0.15) is 65.2 Å². The minimum atomic E-state index is -1.01. The summed E-state index contributed by atoms with van der Waals surface area (Å²) in [6.07, 6.45) is 15.8. The Bertz CT molecular complexity index is 780. The number of terminal acetylenes is 1. The van der Waals surface area contributed by atoms with Crippen molar-refractivity contribution < 1.29 is 19.8 Å². The predicted octanol–water partition coefficient (Wildman–Crippen LogP) is 3.77. The molecule has 4 aliphatic rings. The number of oxime groups is 1. The van der Waals surface area contributed by atoms with Gasteiger partial charge in [0.1, 0.15) is 5.60 Å². The molecule has 0 unspecified atom stereocenters. The molecule has 0 aliphatic heterocycles. The lowest BCUT2D eigenvalue weighted by Crippen LogP contribution is -2.54. The summed E-state index contributed by atoms with van der Waals surface area (Å²) in [7, 11) is 0. The Balaban J connectivity index is 1.57. The third-order valence-electron chi connectivity index (χ3n) is 8.74. The van der Waals surface area contributed by atoms with Gasteiger partial charge < -0.3 is 15.1 Å². The lowest BCUT2D eigenvalue weighted by atomic mass is 9.46. The maximum absolute atomic E-state index is 11.1. The topological polar surface area (TPSA) is 79.1 Å². The molecule has 152 valence electrons. The van der Waals surface area contributed by atoms with Gasteiger partial charge in [-0.25, -0.2) is 4.79 Å². The van der Waals surface area contributed by atoms with Crippen LogP contribution in [0.4, 0.5) is 0 Å². The van der Waals surface area contributed by atoms with Gasteiger partial charge in [0.25, 0.3) is 0 Å². The summed E-state index contributed by atoms with van der Waals surface area (Å²) in [5.74, 6) is 3.47. The van der Waals surface area contributed by atoms with Gasteiger partial charge in [0.2, 0.25) is 6.61 Å². The molecule has 3 saturated carbocycles. The van der Waals surface area contributed by atoms with Crippen LogP contribution in [0.15, 0.2) is 16.8 Å². The smallest absolute Gasteiger partial charge is 0.344 e. The number of nitrogens with zero attached hydrogens (tertiary/aromatic N) is 1. The molecule has 28 heavy (non-hydrogen) atoms. The van der Waals surface area contributed by atoms with Gasteiger partial charge in [-0.15, -0.1) is 6.42 Å². The van der Waals surface area contributed by atoms with Crippen molar-refractivity contribution >= 4 is 11.7 Å². The lowest BCUT2D eigenvalue weighted by molar-refractivity contribution is -0.142. The molecule has 0 bridgehead atoms. The molecule has 6 atom stereocenters. The number of rotatable bonds is 3. The SMILES string of the molecule is C#C[C@@]1(O)CC[C@@H]2[C@H]3CCC4=C/C(=N\OCC(=O)O)CC[C@]4(C)[C@H]3CC[C@@]21C. The zero-order chi connectivity index (χ0) is 20.2. The normalized spacial score (nSPS) is 46.0. The number of carboxylic acids is 1. The molecule has 0 saturated heterocycles. The second-order valence-electron chi connectivity index (χ2n) is 9.75. The first-order valence-electron chi connectivity index (χ1n) is 10.6. The van der Waals surface area contributed by atoms with Crippen LogP contribution in [-0.2, 0) is 9.63 Å².